The molecule has 0 spiro atoms. The number of hydrogen-bond donors (Lipinski definition) is 0. The third kappa shape index (κ3) is 11.1. The number of phosphoric acid groups is 1. The Morgan fingerprint density at radius 3 is 2.06 bits per heavy atom. The number of hydrazine groups is 1. The van der Waals surface area contributed by atoms with E-state index in [0.29, 0.717) is 12.5 Å². The zero-order valence-corrected chi connectivity index (χ0v) is 25.9. The Labute approximate surface area is 241 Å². The molecule has 1 aromatic rings. The third-order valence-electron chi connectivity index (χ3n) is 3.31. The SMILES string of the molecule is CN(Cc1ccc(Cl)cc1OP(=O)([O-])[O-])C(=O)N(N(CCCl)S(C)(=O)=O)S(C)(=O)=O.[Na+].[Na+]. The number of carbonyl (C=O) groups is 1. The molecule has 172 valence electrons. The molecule has 0 fully saturated rings. The average Bonchev–Trinajstić information content (AvgIpc) is 2.53. The predicted molar refractivity (Wildman–Crippen MR) is 106 cm³/mol. The zero-order chi connectivity index (χ0) is 23.5. The van der Waals surface area contributed by atoms with E-state index in [1.807, 2.05) is 0 Å². The van der Waals surface area contributed by atoms with Crippen LogP contribution in [0.4, 0.5) is 4.79 Å². The van der Waals surface area contributed by atoms with Gasteiger partial charge in [-0.2, -0.15) is 0 Å². The van der Waals surface area contributed by atoms with Crippen molar-refractivity contribution in [2.45, 2.75) is 6.54 Å². The molecule has 1 rings (SSSR count). The van der Waals surface area contributed by atoms with Crippen LogP contribution in [0.3, 0.4) is 0 Å². The van der Waals surface area contributed by atoms with Gasteiger partial charge < -0.3 is 23.8 Å². The van der Waals surface area contributed by atoms with E-state index in [2.05, 4.69) is 4.52 Å². The summed E-state index contributed by atoms with van der Waals surface area (Å²) in [5.74, 6) is -0.782. The van der Waals surface area contributed by atoms with Crippen molar-refractivity contribution in [3.63, 3.8) is 0 Å². The summed E-state index contributed by atoms with van der Waals surface area (Å²) in [6.07, 6.45) is 1.31. The Hall–Kier alpha value is 0.880. The molecule has 19 heteroatoms. The molecule has 0 radical (unpaired) electrons. The number of alkyl halides is 1. The summed E-state index contributed by atoms with van der Waals surface area (Å²) >= 11 is 11.3. The fraction of sp³-hybridized carbons (Fsp3) is 0.462. The second kappa shape index (κ2) is 13.8. The largest absolute Gasteiger partial charge is 1.00 e. The summed E-state index contributed by atoms with van der Waals surface area (Å²) in [7, 11) is -13.0. The number of hydrogen-bond acceptors (Lipinski definition) is 9. The van der Waals surface area contributed by atoms with Crippen molar-refractivity contribution >= 4 is 57.1 Å². The number of nitrogens with zero attached hydrogens (tertiary/aromatic N) is 3. The molecule has 0 aliphatic rings. The maximum atomic E-state index is 12.8. The van der Waals surface area contributed by atoms with Crippen molar-refractivity contribution < 1.29 is 99.6 Å². The maximum absolute atomic E-state index is 12.8. The Morgan fingerprint density at radius 2 is 1.66 bits per heavy atom. The van der Waals surface area contributed by atoms with E-state index < -0.39 is 52.7 Å². The molecule has 12 nitrogen and oxygen atoms in total. The fourth-order valence-corrected chi connectivity index (χ4v) is 5.36. The van der Waals surface area contributed by atoms with E-state index in [4.69, 9.17) is 23.2 Å². The van der Waals surface area contributed by atoms with Crippen LogP contribution in [0.2, 0.25) is 5.02 Å². The molecule has 0 unspecified atom stereocenters. The molecule has 0 aromatic heterocycles. The summed E-state index contributed by atoms with van der Waals surface area (Å²) in [5, 5.41) is 0.0271. The maximum Gasteiger partial charge on any atom is 1.00 e. The van der Waals surface area contributed by atoms with Crippen molar-refractivity contribution in [2.75, 3.05) is 32.0 Å². The molecule has 0 aliphatic heterocycles. The van der Waals surface area contributed by atoms with Gasteiger partial charge in [-0.15, -0.1) is 16.0 Å². The molecule has 0 aliphatic carbocycles. The van der Waals surface area contributed by atoms with E-state index in [9.17, 15) is 36.0 Å². The normalized spacial score (nSPS) is 11.9. The molecule has 0 atom stereocenters. The molecule has 1 aromatic carbocycles. The van der Waals surface area contributed by atoms with E-state index >= 15 is 0 Å². The van der Waals surface area contributed by atoms with Gasteiger partial charge in [0.25, 0.3) is 10.0 Å². The van der Waals surface area contributed by atoms with Crippen molar-refractivity contribution in [1.82, 2.24) is 13.7 Å². The van der Waals surface area contributed by atoms with Gasteiger partial charge in [-0.3, -0.25) is 0 Å². The number of benzene rings is 1. The van der Waals surface area contributed by atoms with Crippen LogP contribution < -0.4 is 73.4 Å². The second-order valence-corrected chi connectivity index (χ2v) is 11.5. The molecular weight excluding hydrogens is 554 g/mol. The van der Waals surface area contributed by atoms with Crippen LogP contribution in [0, 0.1) is 0 Å². The van der Waals surface area contributed by atoms with Crippen LogP contribution in [0.1, 0.15) is 5.56 Å². The van der Waals surface area contributed by atoms with Gasteiger partial charge in [0, 0.05) is 30.1 Å². The quantitative estimate of drug-likeness (QED) is 0.121. The fourth-order valence-electron chi connectivity index (χ4n) is 2.20. The van der Waals surface area contributed by atoms with Gasteiger partial charge in [0.1, 0.15) is 13.6 Å². The Morgan fingerprint density at radius 1 is 1.12 bits per heavy atom. The first-order valence-corrected chi connectivity index (χ1v) is 13.8. The zero-order valence-electron chi connectivity index (χ0n) is 17.9. The molecule has 32 heavy (non-hydrogen) atoms. The number of carbonyl (C=O) groups excluding carboxylic acids is 1. The van der Waals surface area contributed by atoms with Crippen LogP contribution in [-0.2, 0) is 31.2 Å². The number of amides is 2. The average molecular weight is 572 g/mol. The number of phosphoric ester groups is 1. The Kier molecular flexibility index (Phi) is 15.1. The van der Waals surface area contributed by atoms with Gasteiger partial charge in [-0.25, -0.2) is 21.6 Å². The number of urea groups is 1. The first-order valence-electron chi connectivity index (χ1n) is 7.76. The van der Waals surface area contributed by atoms with Crippen LogP contribution in [-0.4, -0.2) is 68.6 Å². The number of halogens is 2. The van der Waals surface area contributed by atoms with Gasteiger partial charge in [-0.1, -0.05) is 22.1 Å². The molecule has 0 heterocycles. The van der Waals surface area contributed by atoms with Gasteiger partial charge in [0.05, 0.1) is 19.1 Å². The summed E-state index contributed by atoms with van der Waals surface area (Å²) in [4.78, 5) is 35.5. The molecular formula is C13H18Cl2N3Na2O9PS2. The minimum atomic E-state index is -5.46. The van der Waals surface area contributed by atoms with Gasteiger partial charge in [-0.05, 0) is 12.1 Å². The molecule has 0 N–H and O–H groups in total. The summed E-state index contributed by atoms with van der Waals surface area (Å²) in [6, 6.07) is 2.28. The standard InChI is InChI=1S/C13H20Cl2N3O9PS2.2Na/c1-16(9-10-4-5-11(15)8-12(10)27-28(20,21)22)13(19)18(30(3,25)26)17(7-6-14)29(2,23)24;;/h4-5,8H,6-7,9H2,1-3H3,(H2,20,21,22);;/q;2*+1/p-2. The molecule has 0 bridgehead atoms. The number of rotatable bonds is 9. The first kappa shape index (κ1) is 35.0. The van der Waals surface area contributed by atoms with Crippen molar-refractivity contribution in [3.05, 3.63) is 28.8 Å². The van der Waals surface area contributed by atoms with E-state index in [1.54, 1.807) is 0 Å². The molecule has 2 amide bonds. The summed E-state index contributed by atoms with van der Waals surface area (Å²) in [5.41, 5.74) is -0.0149. The number of sulfonamides is 2. The van der Waals surface area contributed by atoms with Crippen molar-refractivity contribution in [3.8, 4) is 5.75 Å². The van der Waals surface area contributed by atoms with Gasteiger partial charge in [0.15, 0.2) is 0 Å². The molecule has 0 saturated heterocycles. The monoisotopic (exact) mass is 571 g/mol. The first-order chi connectivity index (χ1) is 13.5. The Balaban J connectivity index is 0. The minimum Gasteiger partial charge on any atom is -0.780 e. The van der Waals surface area contributed by atoms with E-state index in [0.717, 1.165) is 18.0 Å². The molecule has 0 saturated carbocycles. The smallest absolute Gasteiger partial charge is 0.780 e. The predicted octanol–water partition coefficient (Wildman–Crippen LogP) is -6.22. The van der Waals surface area contributed by atoms with Crippen LogP contribution in [0.25, 0.3) is 0 Å². The van der Waals surface area contributed by atoms with Crippen LogP contribution in [0.5, 0.6) is 5.75 Å². The van der Waals surface area contributed by atoms with E-state index in [1.165, 1.54) is 12.1 Å². The summed E-state index contributed by atoms with van der Waals surface area (Å²) < 4.78 is 63.9. The van der Waals surface area contributed by atoms with Crippen molar-refractivity contribution in [1.29, 1.82) is 0 Å². The summed E-state index contributed by atoms with van der Waals surface area (Å²) in [6.45, 7) is -0.978. The minimum absolute atomic E-state index is 0. The topological polar surface area (TPSA) is 167 Å². The van der Waals surface area contributed by atoms with Gasteiger partial charge >= 0.3 is 65.1 Å². The van der Waals surface area contributed by atoms with Crippen LogP contribution in [0.15, 0.2) is 18.2 Å². The van der Waals surface area contributed by atoms with E-state index in [-0.39, 0.29) is 84.4 Å². The van der Waals surface area contributed by atoms with Gasteiger partial charge in [0.2, 0.25) is 10.0 Å². The Bertz CT molecular complexity index is 1060. The van der Waals surface area contributed by atoms with Crippen LogP contribution >= 0.6 is 31.0 Å². The second-order valence-electron chi connectivity index (χ2n) is 5.93. The van der Waals surface area contributed by atoms with Crippen molar-refractivity contribution in [2.24, 2.45) is 0 Å². The third-order valence-corrected chi connectivity index (χ3v) is 6.33.